The maximum absolute atomic E-state index is 4.47. The van der Waals surface area contributed by atoms with Gasteiger partial charge in [0.05, 0.1) is 5.69 Å². The average Bonchev–Trinajstić information content (AvgIpc) is 2.58. The molecule has 0 saturated heterocycles. The van der Waals surface area contributed by atoms with Gasteiger partial charge in [-0.3, -0.25) is 4.68 Å². The minimum atomic E-state index is 0.609. The molecule has 0 aromatic carbocycles. The predicted octanol–water partition coefficient (Wildman–Crippen LogP) is 3.33. The van der Waals surface area contributed by atoms with Crippen molar-refractivity contribution in [2.45, 2.75) is 44.9 Å². The highest BCUT2D eigenvalue weighted by Crippen LogP contribution is 2.20. The molecule has 0 bridgehead atoms. The zero-order valence-corrected chi connectivity index (χ0v) is 11.7. The predicted molar refractivity (Wildman–Crippen MR) is 68.5 cm³/mol. The van der Waals surface area contributed by atoms with Crippen LogP contribution in [-0.2, 0) is 19.9 Å². The molecule has 0 spiro atoms. The molecule has 1 aromatic heterocycles. The quantitative estimate of drug-likeness (QED) is 0.752. The molecule has 3 heteroatoms. The third-order valence-corrected chi connectivity index (χ3v) is 4.48. The van der Waals surface area contributed by atoms with Crippen LogP contribution in [0.25, 0.3) is 0 Å². The van der Waals surface area contributed by atoms with Gasteiger partial charge in [-0.15, -0.1) is 0 Å². The first kappa shape index (κ1) is 12.8. The summed E-state index contributed by atoms with van der Waals surface area (Å²) in [5.74, 6) is 0.662. The lowest BCUT2D eigenvalue weighted by molar-refractivity contribution is 0.522. The lowest BCUT2D eigenvalue weighted by Crippen LogP contribution is -2.14. The van der Waals surface area contributed by atoms with Crippen LogP contribution in [0.4, 0.5) is 0 Å². The Morgan fingerprint density at radius 3 is 2.60 bits per heavy atom. The first-order chi connectivity index (χ1) is 7.08. The summed E-state index contributed by atoms with van der Waals surface area (Å²) in [6.07, 6.45) is 3.31. The van der Waals surface area contributed by atoms with Crippen molar-refractivity contribution in [2.75, 3.05) is 0 Å². The van der Waals surface area contributed by atoms with Gasteiger partial charge in [-0.2, -0.15) is 5.10 Å². The smallest absolute Gasteiger partial charge is 0.0624 e. The summed E-state index contributed by atoms with van der Waals surface area (Å²) in [6.45, 7) is 6.66. The largest absolute Gasteiger partial charge is 0.272 e. The average molecular weight is 273 g/mol. The van der Waals surface area contributed by atoms with Crippen molar-refractivity contribution in [1.82, 2.24) is 9.78 Å². The Kier molecular flexibility index (Phi) is 4.84. The van der Waals surface area contributed by atoms with Crippen LogP contribution in [-0.4, -0.2) is 14.6 Å². The number of halogens is 1. The van der Waals surface area contributed by atoms with Gasteiger partial charge in [-0.05, 0) is 31.2 Å². The molecule has 2 unspecified atom stereocenters. The van der Waals surface area contributed by atoms with Crippen LogP contribution in [0.5, 0.6) is 0 Å². The zero-order chi connectivity index (χ0) is 11.4. The number of aryl methyl sites for hydroxylation is 2. The lowest BCUT2D eigenvalue weighted by atomic mass is 10.00. The van der Waals surface area contributed by atoms with Crippen LogP contribution < -0.4 is 0 Å². The minimum absolute atomic E-state index is 0.609. The van der Waals surface area contributed by atoms with Crippen LogP contribution in [0.1, 0.15) is 38.6 Å². The SMILES string of the molecule is CCc1cc(CC(C)C(Br)CC)n(C)n1. The van der Waals surface area contributed by atoms with Gasteiger partial charge in [0.1, 0.15) is 0 Å². The highest BCUT2D eigenvalue weighted by atomic mass is 79.9. The Bertz CT molecular complexity index is 307. The van der Waals surface area contributed by atoms with Crippen molar-refractivity contribution >= 4 is 15.9 Å². The molecule has 0 amide bonds. The number of nitrogens with zero attached hydrogens (tertiary/aromatic N) is 2. The molecule has 1 aromatic rings. The van der Waals surface area contributed by atoms with E-state index >= 15 is 0 Å². The Morgan fingerprint density at radius 2 is 2.13 bits per heavy atom. The van der Waals surface area contributed by atoms with Gasteiger partial charge in [-0.1, -0.05) is 36.7 Å². The molecule has 0 aliphatic rings. The second-order valence-electron chi connectivity index (χ2n) is 4.21. The summed E-state index contributed by atoms with van der Waals surface area (Å²) in [5.41, 5.74) is 2.54. The van der Waals surface area contributed by atoms with Crippen molar-refractivity contribution in [1.29, 1.82) is 0 Å². The Morgan fingerprint density at radius 1 is 1.47 bits per heavy atom. The summed E-state index contributed by atoms with van der Waals surface area (Å²) < 4.78 is 2.02. The number of alkyl halides is 1. The lowest BCUT2D eigenvalue weighted by Gasteiger charge is -2.16. The van der Waals surface area contributed by atoms with Crippen molar-refractivity contribution in [3.05, 3.63) is 17.5 Å². The summed E-state index contributed by atoms with van der Waals surface area (Å²) in [5, 5.41) is 4.47. The molecule has 2 atom stereocenters. The Hall–Kier alpha value is -0.310. The molecule has 0 fully saturated rings. The Balaban J connectivity index is 2.67. The maximum atomic E-state index is 4.47. The molecular formula is C12H21BrN2. The minimum Gasteiger partial charge on any atom is -0.272 e. The molecule has 0 aliphatic carbocycles. The standard InChI is InChI=1S/C12H21BrN2/c1-5-10-8-11(15(4)14-10)7-9(3)12(13)6-2/h8-9,12H,5-7H2,1-4H3. The number of hydrogen-bond acceptors (Lipinski definition) is 1. The van der Waals surface area contributed by atoms with Crippen LogP contribution >= 0.6 is 15.9 Å². The monoisotopic (exact) mass is 272 g/mol. The van der Waals surface area contributed by atoms with Crippen molar-refractivity contribution in [2.24, 2.45) is 13.0 Å². The first-order valence-corrected chi connectivity index (χ1v) is 6.65. The first-order valence-electron chi connectivity index (χ1n) is 5.74. The molecule has 1 heterocycles. The van der Waals surface area contributed by atoms with Gasteiger partial charge in [0, 0.05) is 17.6 Å². The molecule has 0 aliphatic heterocycles. The van der Waals surface area contributed by atoms with E-state index in [-0.39, 0.29) is 0 Å². The van der Waals surface area contributed by atoms with Crippen LogP contribution in [0, 0.1) is 5.92 Å². The van der Waals surface area contributed by atoms with E-state index in [1.165, 1.54) is 17.8 Å². The number of hydrogen-bond donors (Lipinski definition) is 0. The Labute approximate surface area is 101 Å². The molecule has 0 N–H and O–H groups in total. The number of rotatable bonds is 5. The van der Waals surface area contributed by atoms with Crippen molar-refractivity contribution in [3.63, 3.8) is 0 Å². The highest BCUT2D eigenvalue weighted by Gasteiger charge is 2.14. The van der Waals surface area contributed by atoms with Gasteiger partial charge in [0.25, 0.3) is 0 Å². The van der Waals surface area contributed by atoms with E-state index in [0.29, 0.717) is 10.7 Å². The zero-order valence-electron chi connectivity index (χ0n) is 10.1. The second-order valence-corrected chi connectivity index (χ2v) is 5.39. The van der Waals surface area contributed by atoms with Crippen LogP contribution in [0.15, 0.2) is 6.07 Å². The summed E-state index contributed by atoms with van der Waals surface area (Å²) in [7, 11) is 2.04. The molecule has 0 radical (unpaired) electrons. The fourth-order valence-corrected chi connectivity index (χ4v) is 1.98. The normalized spacial score (nSPS) is 15.3. The van der Waals surface area contributed by atoms with Gasteiger partial charge in [-0.25, -0.2) is 0 Å². The van der Waals surface area contributed by atoms with E-state index < -0.39 is 0 Å². The van der Waals surface area contributed by atoms with E-state index in [1.807, 2.05) is 11.7 Å². The fraction of sp³-hybridized carbons (Fsp3) is 0.750. The van der Waals surface area contributed by atoms with Crippen molar-refractivity contribution < 1.29 is 0 Å². The van der Waals surface area contributed by atoms with E-state index in [9.17, 15) is 0 Å². The molecule has 1 rings (SSSR count). The molecule has 0 saturated carbocycles. The second kappa shape index (κ2) is 5.69. The topological polar surface area (TPSA) is 17.8 Å². The summed E-state index contributed by atoms with van der Waals surface area (Å²) in [6, 6.07) is 2.23. The summed E-state index contributed by atoms with van der Waals surface area (Å²) >= 11 is 3.72. The number of aromatic nitrogens is 2. The van der Waals surface area contributed by atoms with Gasteiger partial charge in [0.15, 0.2) is 0 Å². The maximum Gasteiger partial charge on any atom is 0.0624 e. The van der Waals surface area contributed by atoms with Gasteiger partial charge >= 0.3 is 0 Å². The van der Waals surface area contributed by atoms with Crippen LogP contribution in [0.3, 0.4) is 0 Å². The molecular weight excluding hydrogens is 252 g/mol. The fourth-order valence-electron chi connectivity index (χ4n) is 1.80. The van der Waals surface area contributed by atoms with E-state index in [2.05, 4.69) is 47.9 Å². The van der Waals surface area contributed by atoms with E-state index in [4.69, 9.17) is 0 Å². The van der Waals surface area contributed by atoms with Crippen molar-refractivity contribution in [3.8, 4) is 0 Å². The van der Waals surface area contributed by atoms with E-state index in [0.717, 1.165) is 12.8 Å². The van der Waals surface area contributed by atoms with Gasteiger partial charge < -0.3 is 0 Å². The van der Waals surface area contributed by atoms with E-state index in [1.54, 1.807) is 0 Å². The van der Waals surface area contributed by atoms with Crippen LogP contribution in [0.2, 0.25) is 0 Å². The third-order valence-electron chi connectivity index (χ3n) is 2.93. The summed E-state index contributed by atoms with van der Waals surface area (Å²) in [4.78, 5) is 0.609. The highest BCUT2D eigenvalue weighted by molar-refractivity contribution is 9.09. The molecule has 2 nitrogen and oxygen atoms in total. The van der Waals surface area contributed by atoms with Gasteiger partial charge in [0.2, 0.25) is 0 Å². The molecule has 86 valence electrons. The third kappa shape index (κ3) is 3.33. The molecule has 15 heavy (non-hydrogen) atoms.